The summed E-state index contributed by atoms with van der Waals surface area (Å²) in [5.74, 6) is 0. The largest absolute Gasteiger partial charge is 0.344 e. The Labute approximate surface area is 136 Å². The summed E-state index contributed by atoms with van der Waals surface area (Å²) in [4.78, 5) is 0. The van der Waals surface area contributed by atoms with Gasteiger partial charge in [0, 0.05) is 6.19 Å². The molecule has 0 spiro atoms. The van der Waals surface area contributed by atoms with Gasteiger partial charge in [-0.15, -0.1) is 0 Å². The van der Waals surface area contributed by atoms with Gasteiger partial charge >= 0.3 is 7.60 Å². The highest BCUT2D eigenvalue weighted by atomic mass is 32.4. The van der Waals surface area contributed by atoms with Gasteiger partial charge in [-0.3, -0.25) is 9.24 Å². The summed E-state index contributed by atoms with van der Waals surface area (Å²) < 4.78 is 25.6. The molecule has 4 nitrogen and oxygen atoms in total. The van der Waals surface area contributed by atoms with Crippen LogP contribution >= 0.6 is 13.8 Å². The van der Waals surface area contributed by atoms with Crippen molar-refractivity contribution in [2.45, 2.75) is 53.4 Å². The monoisotopic (exact) mass is 357 g/mol. The van der Waals surface area contributed by atoms with Crippen LogP contribution in [0.15, 0.2) is 0 Å². The zero-order valence-electron chi connectivity index (χ0n) is 14.3. The van der Waals surface area contributed by atoms with Crippen molar-refractivity contribution in [2.75, 3.05) is 38.9 Å². The van der Waals surface area contributed by atoms with E-state index < -0.39 is 13.8 Å². The number of rotatable bonds is 13. The van der Waals surface area contributed by atoms with Crippen LogP contribution in [0.3, 0.4) is 0 Å². The minimum Gasteiger partial charge on any atom is -0.308 e. The van der Waals surface area contributed by atoms with Crippen molar-refractivity contribution in [3.63, 3.8) is 0 Å². The quantitative estimate of drug-likeness (QED) is 0.427. The highest BCUT2D eigenvalue weighted by Gasteiger charge is 2.31. The van der Waals surface area contributed by atoms with Crippen molar-refractivity contribution in [1.29, 1.82) is 0 Å². The molecule has 0 aromatic heterocycles. The lowest BCUT2D eigenvalue weighted by Crippen LogP contribution is -2.22. The first-order chi connectivity index (χ1) is 9.87. The average molecular weight is 357 g/mol. The van der Waals surface area contributed by atoms with Gasteiger partial charge in [0.05, 0.1) is 13.2 Å². The van der Waals surface area contributed by atoms with Crippen molar-refractivity contribution in [3.05, 3.63) is 0 Å². The van der Waals surface area contributed by atoms with Crippen LogP contribution in [0.1, 0.15) is 53.4 Å². The normalized spacial score (nSPS) is 13.0. The molecular weight excluding hydrogens is 324 g/mol. The van der Waals surface area contributed by atoms with Crippen molar-refractivity contribution in [1.82, 2.24) is 4.67 Å². The second-order valence-corrected chi connectivity index (χ2v) is 12.6. The van der Waals surface area contributed by atoms with Gasteiger partial charge < -0.3 is 9.05 Å². The Morgan fingerprint density at radius 3 is 1.71 bits per heavy atom. The van der Waals surface area contributed by atoms with Crippen molar-refractivity contribution >= 4 is 25.6 Å². The van der Waals surface area contributed by atoms with E-state index >= 15 is 0 Å². The molecule has 0 radical (unpaired) electrons. The topological polar surface area (TPSA) is 38.8 Å². The summed E-state index contributed by atoms with van der Waals surface area (Å²) in [6.45, 7) is 8.86. The van der Waals surface area contributed by atoms with Crippen LogP contribution in [-0.2, 0) is 25.4 Å². The molecule has 0 aromatic rings. The molecule has 0 atom stereocenters. The fraction of sp³-hybridized carbons (Fsp3) is 1.00. The third-order valence-electron chi connectivity index (χ3n) is 3.37. The molecule has 128 valence electrons. The number of unbranched alkanes of at least 4 members (excludes halogenated alkanes) is 2. The lowest BCUT2D eigenvalue weighted by atomic mass is 10.4. The second kappa shape index (κ2) is 11.3. The summed E-state index contributed by atoms with van der Waals surface area (Å²) in [7, 11) is -1.05. The molecule has 21 heavy (non-hydrogen) atoms. The van der Waals surface area contributed by atoms with E-state index in [9.17, 15) is 4.57 Å². The molecule has 0 aromatic carbocycles. The van der Waals surface area contributed by atoms with Gasteiger partial charge in [0.15, 0.2) is 0 Å². The van der Waals surface area contributed by atoms with Gasteiger partial charge in [-0.2, -0.15) is 0 Å². The first-order valence-electron chi connectivity index (χ1n) is 8.05. The van der Waals surface area contributed by atoms with E-state index in [0.717, 1.165) is 38.0 Å². The van der Waals surface area contributed by atoms with Crippen LogP contribution in [0.5, 0.6) is 0 Å². The van der Waals surface area contributed by atoms with E-state index in [-0.39, 0.29) is 0 Å². The zero-order chi connectivity index (χ0) is 16.4. The SMILES string of the molecule is CCCCP(=S)(CCCC)N(C)CP(=O)(OCC)OCC. The second-order valence-electron chi connectivity index (χ2n) is 5.25. The zero-order valence-corrected chi connectivity index (χ0v) is 16.9. The van der Waals surface area contributed by atoms with E-state index in [0.29, 0.717) is 19.5 Å². The summed E-state index contributed by atoms with van der Waals surface area (Å²) in [5.41, 5.74) is 0. The lowest BCUT2D eigenvalue weighted by molar-refractivity contribution is 0.213. The van der Waals surface area contributed by atoms with Crippen LogP contribution in [0.4, 0.5) is 0 Å². The van der Waals surface area contributed by atoms with E-state index in [2.05, 4.69) is 18.5 Å². The van der Waals surface area contributed by atoms with Crippen LogP contribution in [0, 0.1) is 0 Å². The molecule has 0 amide bonds. The average Bonchev–Trinajstić information content (AvgIpc) is 2.43. The number of nitrogens with zero attached hydrogens (tertiary/aromatic N) is 1. The minimum atomic E-state index is -3.05. The highest BCUT2D eigenvalue weighted by molar-refractivity contribution is 8.13. The molecule has 0 heterocycles. The van der Waals surface area contributed by atoms with Crippen molar-refractivity contribution < 1.29 is 13.6 Å². The number of hydrogen-bond donors (Lipinski definition) is 0. The Hall–Kier alpha value is 0.760. The summed E-state index contributed by atoms with van der Waals surface area (Å²) in [5, 5.41) is 0. The van der Waals surface area contributed by atoms with Crippen molar-refractivity contribution in [3.8, 4) is 0 Å². The fourth-order valence-corrected chi connectivity index (χ4v) is 8.82. The Kier molecular flexibility index (Phi) is 11.7. The molecule has 0 bridgehead atoms. The first kappa shape index (κ1) is 21.8. The Bertz CT molecular complexity index is 344. The summed E-state index contributed by atoms with van der Waals surface area (Å²) in [6.07, 6.45) is 5.33. The minimum absolute atomic E-state index is 0.319. The molecule has 0 unspecified atom stereocenters. The van der Waals surface area contributed by atoms with E-state index in [1.807, 2.05) is 20.9 Å². The van der Waals surface area contributed by atoms with E-state index in [1.165, 1.54) is 0 Å². The van der Waals surface area contributed by atoms with Gasteiger partial charge in [0.25, 0.3) is 0 Å². The highest BCUT2D eigenvalue weighted by Crippen LogP contribution is 2.57. The standard InChI is InChI=1S/C14H33NO3P2S/c1-6-10-12-19(21,13-11-7-2)15(5)14-20(16,17-8-3)18-9-4/h6-14H2,1-5H3. The van der Waals surface area contributed by atoms with Crippen LogP contribution < -0.4 is 0 Å². The molecule has 0 fully saturated rings. The predicted molar refractivity (Wildman–Crippen MR) is 97.3 cm³/mol. The molecule has 0 N–H and O–H groups in total. The third-order valence-corrected chi connectivity index (χ3v) is 11.0. The molecule has 0 saturated heterocycles. The Morgan fingerprint density at radius 2 is 1.38 bits per heavy atom. The summed E-state index contributed by atoms with van der Waals surface area (Å²) in [6, 6.07) is 0. The molecule has 0 aliphatic heterocycles. The molecule has 0 aliphatic rings. The van der Waals surface area contributed by atoms with Crippen LogP contribution in [0.25, 0.3) is 0 Å². The molecule has 7 heteroatoms. The molecule has 0 saturated carbocycles. The molecule has 0 rings (SSSR count). The molecular formula is C14H33NO3P2S. The predicted octanol–water partition coefficient (Wildman–Crippen LogP) is 5.14. The maximum absolute atomic E-state index is 12.7. The Morgan fingerprint density at radius 1 is 0.952 bits per heavy atom. The smallest absolute Gasteiger partial charge is 0.308 e. The number of hydrogen-bond acceptors (Lipinski definition) is 4. The van der Waals surface area contributed by atoms with Gasteiger partial charge in [0.2, 0.25) is 0 Å². The van der Waals surface area contributed by atoms with Gasteiger partial charge in [-0.1, -0.05) is 38.5 Å². The first-order valence-corrected chi connectivity index (χ1v) is 12.9. The van der Waals surface area contributed by atoms with Crippen LogP contribution in [0.2, 0.25) is 0 Å². The van der Waals surface area contributed by atoms with E-state index in [1.54, 1.807) is 0 Å². The lowest BCUT2D eigenvalue weighted by Gasteiger charge is -2.34. The summed E-state index contributed by atoms with van der Waals surface area (Å²) >= 11 is 6.00. The maximum Gasteiger partial charge on any atom is 0.344 e. The van der Waals surface area contributed by atoms with Gasteiger partial charge in [-0.05, 0) is 46.1 Å². The van der Waals surface area contributed by atoms with Gasteiger partial charge in [-0.25, -0.2) is 0 Å². The Balaban J connectivity index is 4.95. The van der Waals surface area contributed by atoms with Gasteiger partial charge in [0.1, 0.15) is 6.29 Å². The third kappa shape index (κ3) is 8.25. The fourth-order valence-electron chi connectivity index (χ4n) is 2.14. The van der Waals surface area contributed by atoms with Crippen LogP contribution in [-0.4, -0.2) is 43.5 Å². The van der Waals surface area contributed by atoms with Crippen molar-refractivity contribution in [2.24, 2.45) is 0 Å². The van der Waals surface area contributed by atoms with E-state index in [4.69, 9.17) is 20.9 Å². The maximum atomic E-state index is 12.7. The molecule has 0 aliphatic carbocycles.